The van der Waals surface area contributed by atoms with Crippen LogP contribution in [-0.2, 0) is 11.3 Å². The summed E-state index contributed by atoms with van der Waals surface area (Å²) >= 11 is 0. The van der Waals surface area contributed by atoms with Crippen LogP contribution in [0.3, 0.4) is 0 Å². The number of hydrogen-bond acceptors (Lipinski definition) is 6. The summed E-state index contributed by atoms with van der Waals surface area (Å²) < 4.78 is 6.63. The minimum absolute atomic E-state index is 0.0185. The van der Waals surface area contributed by atoms with E-state index in [1.54, 1.807) is 11.5 Å². The van der Waals surface area contributed by atoms with E-state index in [9.17, 15) is 14.4 Å². The topological polar surface area (TPSA) is 119 Å². The van der Waals surface area contributed by atoms with E-state index in [0.29, 0.717) is 18.1 Å². The molecule has 0 aliphatic heterocycles. The van der Waals surface area contributed by atoms with Gasteiger partial charge in [0, 0.05) is 13.5 Å². The van der Waals surface area contributed by atoms with Crippen LogP contribution in [0.1, 0.15) is 56.6 Å². The summed E-state index contributed by atoms with van der Waals surface area (Å²) in [6.07, 6.45) is 5.04. The van der Waals surface area contributed by atoms with Crippen LogP contribution in [0.5, 0.6) is 0 Å². The lowest BCUT2D eigenvalue weighted by molar-refractivity contribution is 0.100. The first kappa shape index (κ1) is 18.1. The molecule has 0 bridgehead atoms. The number of Topliss-reactive ketones (excluding diaryl/α,β-unsaturated/α-hetero) is 1. The normalized spacial score (nSPS) is 15.2. The van der Waals surface area contributed by atoms with Crippen LogP contribution in [0.15, 0.2) is 4.79 Å². The zero-order valence-electron chi connectivity index (χ0n) is 15.0. The third-order valence-electron chi connectivity index (χ3n) is 4.59. The molecule has 1 aliphatic carbocycles. The molecule has 1 amide bonds. The summed E-state index contributed by atoms with van der Waals surface area (Å²) in [4.78, 5) is 46.8. The van der Waals surface area contributed by atoms with E-state index in [0.717, 1.165) is 25.7 Å². The third kappa shape index (κ3) is 3.76. The summed E-state index contributed by atoms with van der Waals surface area (Å²) in [6.45, 7) is 3.84. The van der Waals surface area contributed by atoms with Gasteiger partial charge in [-0.1, -0.05) is 19.3 Å². The van der Waals surface area contributed by atoms with E-state index in [2.05, 4.69) is 20.3 Å². The Morgan fingerprint density at radius 1 is 1.27 bits per heavy atom. The Kier molecular flexibility index (Phi) is 5.34. The number of ether oxygens (including phenoxy) is 1. The Bertz CT molecular complexity index is 879. The molecule has 9 heteroatoms. The van der Waals surface area contributed by atoms with E-state index in [1.807, 2.05) is 0 Å². The molecule has 2 N–H and O–H groups in total. The lowest BCUT2D eigenvalue weighted by Crippen LogP contribution is -2.21. The fourth-order valence-corrected chi connectivity index (χ4v) is 3.33. The van der Waals surface area contributed by atoms with Crippen LogP contribution in [0, 0.1) is 5.92 Å². The van der Waals surface area contributed by atoms with Crippen molar-refractivity contribution in [1.29, 1.82) is 0 Å². The molecule has 0 saturated heterocycles. The molecule has 1 fully saturated rings. The number of carbonyl (C=O) groups excluding carboxylic acids is 2. The molecule has 140 valence electrons. The molecule has 0 unspecified atom stereocenters. The van der Waals surface area contributed by atoms with Gasteiger partial charge in [0.05, 0.1) is 6.61 Å². The van der Waals surface area contributed by atoms with Gasteiger partial charge in [-0.25, -0.2) is 14.8 Å². The molecular weight excluding hydrogens is 338 g/mol. The zero-order chi connectivity index (χ0) is 18.7. The van der Waals surface area contributed by atoms with Crippen molar-refractivity contribution < 1.29 is 14.3 Å². The summed E-state index contributed by atoms with van der Waals surface area (Å²) in [5.74, 6) is 0.262. The Morgan fingerprint density at radius 2 is 2.00 bits per heavy atom. The molecule has 1 saturated carbocycles. The van der Waals surface area contributed by atoms with Gasteiger partial charge in [-0.2, -0.15) is 0 Å². The van der Waals surface area contributed by atoms with Crippen molar-refractivity contribution in [2.45, 2.75) is 52.5 Å². The average molecular weight is 361 g/mol. The van der Waals surface area contributed by atoms with Crippen LogP contribution in [0.4, 0.5) is 10.7 Å². The fraction of sp³-hybridized carbons (Fsp3) is 0.588. The first-order valence-electron chi connectivity index (χ1n) is 8.94. The number of nitrogens with zero attached hydrogens (tertiary/aromatic N) is 3. The number of rotatable bonds is 5. The number of fused-ring (bicyclic) bond motifs is 1. The maximum Gasteiger partial charge on any atom is 0.413 e. The fourth-order valence-electron chi connectivity index (χ4n) is 3.33. The SMILES string of the molecule is CCOC(=O)Nc1nc2c(=O)[nH]c(C(C)=O)nc2n1CC1CCCCC1. The largest absolute Gasteiger partial charge is 0.450 e. The molecule has 0 atom stereocenters. The molecule has 3 rings (SSSR count). The molecule has 2 aromatic heterocycles. The minimum atomic E-state index is -0.643. The van der Waals surface area contributed by atoms with Gasteiger partial charge in [0.2, 0.25) is 5.95 Å². The molecule has 9 nitrogen and oxygen atoms in total. The standard InChI is InChI=1S/C17H23N5O4/c1-3-26-17(25)21-16-18-12-14(19-13(10(2)23)20-15(12)24)22(16)9-11-7-5-4-6-8-11/h11H,3-9H2,1-2H3,(H,18,21,25)(H,19,20,24). The number of anilines is 1. The summed E-state index contributed by atoms with van der Waals surface area (Å²) in [5.41, 5.74) is -0.108. The van der Waals surface area contributed by atoms with Gasteiger partial charge < -0.3 is 9.72 Å². The molecule has 26 heavy (non-hydrogen) atoms. The van der Waals surface area contributed by atoms with Crippen molar-refractivity contribution >= 4 is 29.0 Å². The molecule has 0 radical (unpaired) electrons. The van der Waals surface area contributed by atoms with E-state index in [1.165, 1.54) is 13.3 Å². The molecule has 2 heterocycles. The monoisotopic (exact) mass is 361 g/mol. The molecule has 0 spiro atoms. The van der Waals surface area contributed by atoms with Crippen molar-refractivity contribution in [2.75, 3.05) is 11.9 Å². The highest BCUT2D eigenvalue weighted by Gasteiger charge is 2.22. The quantitative estimate of drug-likeness (QED) is 0.790. The highest BCUT2D eigenvalue weighted by Crippen LogP contribution is 2.27. The van der Waals surface area contributed by atoms with Gasteiger partial charge in [0.1, 0.15) is 0 Å². The number of imidazole rings is 1. The van der Waals surface area contributed by atoms with E-state index in [-0.39, 0.29) is 29.7 Å². The predicted octanol–water partition coefficient (Wildman–Crippen LogP) is 2.47. The molecule has 1 aliphatic rings. The number of H-pyrrole nitrogens is 1. The first-order valence-corrected chi connectivity index (χ1v) is 8.94. The zero-order valence-corrected chi connectivity index (χ0v) is 15.0. The van der Waals surface area contributed by atoms with Crippen molar-refractivity contribution in [3.63, 3.8) is 0 Å². The number of aromatic amines is 1. The van der Waals surface area contributed by atoms with Crippen molar-refractivity contribution in [3.8, 4) is 0 Å². The van der Waals surface area contributed by atoms with E-state index < -0.39 is 11.7 Å². The van der Waals surface area contributed by atoms with Gasteiger partial charge in [-0.3, -0.25) is 19.5 Å². The van der Waals surface area contributed by atoms with Crippen LogP contribution in [0.25, 0.3) is 11.2 Å². The molecule has 2 aromatic rings. The maximum atomic E-state index is 12.3. The molecular formula is C17H23N5O4. The number of carbonyl (C=O) groups is 2. The van der Waals surface area contributed by atoms with E-state index >= 15 is 0 Å². The Labute approximate surface area is 150 Å². The second-order valence-electron chi connectivity index (χ2n) is 6.54. The third-order valence-corrected chi connectivity index (χ3v) is 4.59. The Morgan fingerprint density at radius 3 is 2.65 bits per heavy atom. The second kappa shape index (κ2) is 7.67. The smallest absolute Gasteiger partial charge is 0.413 e. The number of nitrogens with one attached hydrogen (secondary N) is 2. The van der Waals surface area contributed by atoms with Gasteiger partial charge in [0.15, 0.2) is 22.8 Å². The van der Waals surface area contributed by atoms with Crippen molar-refractivity contribution in [1.82, 2.24) is 19.5 Å². The number of hydrogen-bond donors (Lipinski definition) is 2. The lowest BCUT2D eigenvalue weighted by Gasteiger charge is -2.22. The Balaban J connectivity index is 2.06. The summed E-state index contributed by atoms with van der Waals surface area (Å²) in [5, 5.41) is 2.58. The summed E-state index contributed by atoms with van der Waals surface area (Å²) in [7, 11) is 0. The van der Waals surface area contributed by atoms with Crippen LogP contribution < -0.4 is 10.9 Å². The van der Waals surface area contributed by atoms with Crippen molar-refractivity contribution in [3.05, 3.63) is 16.2 Å². The van der Waals surface area contributed by atoms with Crippen LogP contribution in [-0.4, -0.2) is 38.0 Å². The van der Waals surface area contributed by atoms with Crippen LogP contribution >= 0.6 is 0 Å². The number of amides is 1. The number of ketones is 1. The Hall–Kier alpha value is -2.71. The minimum Gasteiger partial charge on any atom is -0.450 e. The van der Waals surface area contributed by atoms with E-state index in [4.69, 9.17) is 4.74 Å². The first-order chi connectivity index (χ1) is 12.5. The second-order valence-corrected chi connectivity index (χ2v) is 6.54. The maximum absolute atomic E-state index is 12.3. The van der Waals surface area contributed by atoms with Crippen LogP contribution in [0.2, 0.25) is 0 Å². The van der Waals surface area contributed by atoms with Gasteiger partial charge in [-0.05, 0) is 25.7 Å². The number of aromatic nitrogens is 4. The molecule has 0 aromatic carbocycles. The van der Waals surface area contributed by atoms with Gasteiger partial charge >= 0.3 is 6.09 Å². The lowest BCUT2D eigenvalue weighted by atomic mass is 9.89. The predicted molar refractivity (Wildman–Crippen MR) is 95.4 cm³/mol. The van der Waals surface area contributed by atoms with Gasteiger partial charge in [0.25, 0.3) is 5.56 Å². The average Bonchev–Trinajstić information content (AvgIpc) is 2.94. The highest BCUT2D eigenvalue weighted by molar-refractivity contribution is 5.92. The van der Waals surface area contributed by atoms with Gasteiger partial charge in [-0.15, -0.1) is 0 Å². The highest BCUT2D eigenvalue weighted by atomic mass is 16.5. The summed E-state index contributed by atoms with van der Waals surface area (Å²) in [6, 6.07) is 0. The van der Waals surface area contributed by atoms with Crippen molar-refractivity contribution in [2.24, 2.45) is 5.92 Å².